The van der Waals surface area contributed by atoms with Gasteiger partial charge in [-0.2, -0.15) is 0 Å². The molecular formula is C23H18Cl2FN2O+. The molecule has 0 saturated heterocycles. The van der Waals surface area contributed by atoms with Crippen molar-refractivity contribution < 1.29 is 9.13 Å². The average molecular weight is 428 g/mol. The van der Waals surface area contributed by atoms with E-state index in [4.69, 9.17) is 27.9 Å². The van der Waals surface area contributed by atoms with Crippen LogP contribution >= 0.6 is 23.2 Å². The highest BCUT2D eigenvalue weighted by Gasteiger charge is 2.32. The van der Waals surface area contributed by atoms with E-state index in [2.05, 4.69) is 4.98 Å². The van der Waals surface area contributed by atoms with Gasteiger partial charge in [-0.25, -0.2) is 13.9 Å². The van der Waals surface area contributed by atoms with Crippen LogP contribution in [0.15, 0.2) is 79.3 Å². The van der Waals surface area contributed by atoms with Gasteiger partial charge in [0.1, 0.15) is 41.3 Å². The fourth-order valence-corrected chi connectivity index (χ4v) is 3.81. The molecule has 0 N–H and O–H groups in total. The molecule has 0 radical (unpaired) electrons. The number of allylic oxidation sites excluding steroid dienone is 2. The van der Waals surface area contributed by atoms with Crippen molar-refractivity contribution in [3.8, 4) is 11.5 Å². The summed E-state index contributed by atoms with van der Waals surface area (Å²) in [5.74, 6) is 1.75. The first-order valence-corrected chi connectivity index (χ1v) is 9.80. The summed E-state index contributed by atoms with van der Waals surface area (Å²) in [5.41, 5.74) is 1.63. The number of aromatic nitrogens is 1. The predicted octanol–water partition coefficient (Wildman–Crippen LogP) is 7.18. The van der Waals surface area contributed by atoms with Crippen LogP contribution in [0.5, 0.6) is 11.5 Å². The molecule has 0 spiro atoms. The number of halogens is 3. The van der Waals surface area contributed by atoms with E-state index in [-0.39, 0.29) is 5.82 Å². The number of rotatable bonds is 5. The van der Waals surface area contributed by atoms with Crippen LogP contribution in [-0.4, -0.2) is 4.98 Å². The summed E-state index contributed by atoms with van der Waals surface area (Å²) >= 11 is 12.4. The van der Waals surface area contributed by atoms with E-state index in [0.29, 0.717) is 44.0 Å². The Bertz CT molecular complexity index is 1100. The van der Waals surface area contributed by atoms with Gasteiger partial charge in [-0.1, -0.05) is 23.2 Å². The first kappa shape index (κ1) is 19.6. The van der Waals surface area contributed by atoms with Crippen molar-refractivity contribution in [2.45, 2.75) is 13.5 Å². The quantitative estimate of drug-likeness (QED) is 0.402. The molecule has 0 amide bonds. The minimum absolute atomic E-state index is 0.247. The topological polar surface area (TPSA) is 22.1 Å². The van der Waals surface area contributed by atoms with Crippen molar-refractivity contribution in [2.24, 2.45) is 0 Å². The number of benzene rings is 2. The van der Waals surface area contributed by atoms with E-state index in [1.165, 1.54) is 6.07 Å². The Hall–Kier alpha value is -2.66. The second kappa shape index (κ2) is 7.99. The average Bonchev–Trinajstić information content (AvgIpc) is 3.15. The molecule has 1 aromatic heterocycles. The van der Waals surface area contributed by atoms with Gasteiger partial charge in [0.05, 0.1) is 11.2 Å². The number of nitrogens with zero attached hydrogens (tertiary/aromatic N) is 2. The maximum absolute atomic E-state index is 13.4. The highest BCUT2D eigenvalue weighted by molar-refractivity contribution is 6.35. The number of hydrogen-bond donors (Lipinski definition) is 0. The number of hydrogen-bond acceptors (Lipinski definition) is 2. The molecule has 3 aromatic rings. The van der Waals surface area contributed by atoms with Gasteiger partial charge in [0.2, 0.25) is 0 Å². The number of aryl methyl sites for hydroxylation is 1. The largest absolute Gasteiger partial charge is 0.457 e. The third-order valence-corrected chi connectivity index (χ3v) is 5.22. The van der Waals surface area contributed by atoms with Gasteiger partial charge >= 0.3 is 0 Å². The molecule has 1 aliphatic heterocycles. The monoisotopic (exact) mass is 427 g/mol. The first-order chi connectivity index (χ1) is 13.9. The van der Waals surface area contributed by atoms with Crippen molar-refractivity contribution in [1.29, 1.82) is 0 Å². The predicted molar refractivity (Wildman–Crippen MR) is 116 cm³/mol. The number of pyridine rings is 1. The van der Waals surface area contributed by atoms with E-state index < -0.39 is 0 Å². The maximum atomic E-state index is 13.4. The molecule has 29 heavy (non-hydrogen) atoms. The molecule has 0 saturated carbocycles. The van der Waals surface area contributed by atoms with Crippen LogP contribution in [0.2, 0.25) is 10.0 Å². The van der Waals surface area contributed by atoms with Crippen LogP contribution in [0.4, 0.5) is 10.2 Å². The Morgan fingerprint density at radius 1 is 0.966 bits per heavy atom. The minimum atomic E-state index is -0.247. The molecule has 0 atom stereocenters. The van der Waals surface area contributed by atoms with E-state index in [9.17, 15) is 4.39 Å². The zero-order valence-electron chi connectivity index (χ0n) is 15.6. The summed E-state index contributed by atoms with van der Waals surface area (Å²) in [6.07, 6.45) is 9.62. The van der Waals surface area contributed by atoms with Gasteiger partial charge in [-0.15, -0.1) is 0 Å². The molecule has 0 bridgehead atoms. The van der Waals surface area contributed by atoms with Crippen molar-refractivity contribution in [2.75, 3.05) is 0 Å². The van der Waals surface area contributed by atoms with Crippen molar-refractivity contribution in [3.05, 3.63) is 106 Å². The third-order valence-electron chi connectivity index (χ3n) is 4.73. The summed E-state index contributed by atoms with van der Waals surface area (Å²) in [5, 5.41) is 1.02. The Labute approximate surface area is 178 Å². The molecule has 2 aromatic carbocycles. The van der Waals surface area contributed by atoms with E-state index >= 15 is 0 Å². The standard InChI is InChI=1S/C23H18Cl2FN2O/c1-16-12-20(8-9-22(16)26)29-19-6-4-17(5-7-19)15-28(10-2-3-11-28)23-21(25)13-18(24)14-27-23/h2-14H,15H2,1H3/q+1. The third kappa shape index (κ3) is 4.20. The second-order valence-electron chi connectivity index (χ2n) is 6.89. The Kier molecular flexibility index (Phi) is 5.41. The Morgan fingerprint density at radius 3 is 2.31 bits per heavy atom. The van der Waals surface area contributed by atoms with Crippen LogP contribution in [0.1, 0.15) is 11.1 Å². The molecule has 0 aliphatic carbocycles. The van der Waals surface area contributed by atoms with Crippen molar-refractivity contribution in [1.82, 2.24) is 9.47 Å². The summed E-state index contributed by atoms with van der Waals surface area (Å²) in [6, 6.07) is 14.2. The van der Waals surface area contributed by atoms with Crippen molar-refractivity contribution in [3.63, 3.8) is 0 Å². The van der Waals surface area contributed by atoms with E-state index in [1.54, 1.807) is 31.3 Å². The highest BCUT2D eigenvalue weighted by atomic mass is 35.5. The van der Waals surface area contributed by atoms with Crippen molar-refractivity contribution >= 4 is 29.0 Å². The first-order valence-electron chi connectivity index (χ1n) is 9.04. The summed E-state index contributed by atoms with van der Waals surface area (Å²) in [6.45, 7) is 2.35. The lowest BCUT2D eigenvalue weighted by Crippen LogP contribution is -2.36. The number of quaternary nitrogens is 1. The van der Waals surface area contributed by atoms with Gasteiger partial charge in [-0.3, -0.25) is 0 Å². The van der Waals surface area contributed by atoms with Gasteiger partial charge in [0, 0.05) is 5.56 Å². The molecule has 0 unspecified atom stereocenters. The molecule has 1 aliphatic rings. The van der Waals surface area contributed by atoms with Crippen LogP contribution in [0.3, 0.4) is 0 Å². The Morgan fingerprint density at radius 2 is 1.66 bits per heavy atom. The summed E-state index contributed by atoms with van der Waals surface area (Å²) in [4.78, 5) is 4.47. The maximum Gasteiger partial charge on any atom is 0.256 e. The van der Waals surface area contributed by atoms with Gasteiger partial charge < -0.3 is 4.74 Å². The SMILES string of the molecule is Cc1cc(Oc2ccc(C[N+]3(c4ncc(Cl)cc4Cl)C=CC=C3)cc2)ccc1F. The lowest BCUT2D eigenvalue weighted by atomic mass is 10.2. The lowest BCUT2D eigenvalue weighted by molar-refractivity contribution is 0.472. The zero-order chi connectivity index (χ0) is 20.4. The van der Waals surface area contributed by atoms with E-state index in [0.717, 1.165) is 5.56 Å². The van der Waals surface area contributed by atoms with Crippen LogP contribution in [0.25, 0.3) is 0 Å². The normalized spacial score (nSPS) is 14.3. The van der Waals surface area contributed by atoms with E-state index in [1.807, 2.05) is 48.8 Å². The molecule has 6 heteroatoms. The van der Waals surface area contributed by atoms with Crippen LogP contribution in [-0.2, 0) is 6.54 Å². The molecule has 2 heterocycles. The molecule has 0 fully saturated rings. The molecule has 4 rings (SSSR count). The lowest BCUT2D eigenvalue weighted by Gasteiger charge is -2.28. The summed E-state index contributed by atoms with van der Waals surface area (Å²) in [7, 11) is 0. The second-order valence-corrected chi connectivity index (χ2v) is 7.73. The van der Waals surface area contributed by atoms with Crippen LogP contribution in [0, 0.1) is 12.7 Å². The summed E-state index contributed by atoms with van der Waals surface area (Å²) < 4.78 is 19.6. The number of ether oxygens (including phenoxy) is 1. The smallest absolute Gasteiger partial charge is 0.256 e. The fourth-order valence-electron chi connectivity index (χ4n) is 3.27. The fraction of sp³-hybridized carbons (Fsp3) is 0.0870. The Balaban J connectivity index is 1.56. The molecule has 3 nitrogen and oxygen atoms in total. The minimum Gasteiger partial charge on any atom is -0.457 e. The van der Waals surface area contributed by atoms with Gasteiger partial charge in [0.25, 0.3) is 5.82 Å². The van der Waals surface area contributed by atoms with Gasteiger partial charge in [-0.05, 0) is 73.2 Å². The zero-order valence-corrected chi connectivity index (χ0v) is 17.2. The molecule has 146 valence electrons. The highest BCUT2D eigenvalue weighted by Crippen LogP contribution is 2.36. The molecular weight excluding hydrogens is 410 g/mol. The van der Waals surface area contributed by atoms with Crippen LogP contribution < -0.4 is 9.22 Å². The van der Waals surface area contributed by atoms with Gasteiger partial charge in [0.15, 0.2) is 0 Å².